The number of nitriles is 1. The molecule has 11 nitrogen and oxygen atoms in total. The van der Waals surface area contributed by atoms with E-state index in [1.165, 1.54) is 14.2 Å². The molecule has 3 aromatic rings. The van der Waals surface area contributed by atoms with Gasteiger partial charge in [-0.25, -0.2) is 0 Å². The van der Waals surface area contributed by atoms with Crippen molar-refractivity contribution in [1.82, 2.24) is 4.67 Å². The van der Waals surface area contributed by atoms with Gasteiger partial charge < -0.3 is 0 Å². The Bertz CT molecular complexity index is 1520. The van der Waals surface area contributed by atoms with Gasteiger partial charge in [0.15, 0.2) is 0 Å². The number of hydrogen-bond acceptors (Lipinski definition) is 9. The van der Waals surface area contributed by atoms with Crippen LogP contribution in [0.25, 0.3) is 0 Å². The number of hydrogen-bond donors (Lipinski definition) is 4. The summed E-state index contributed by atoms with van der Waals surface area (Å²) >= 11 is 0. The normalized spacial score (nSPS) is 13.1. The van der Waals surface area contributed by atoms with Crippen molar-refractivity contribution in [2.24, 2.45) is 0 Å². The fourth-order valence-corrected chi connectivity index (χ4v) is 11.0. The Labute approximate surface area is 288 Å². The third kappa shape index (κ3) is 8.41. The number of methoxy groups -OCH3 is 2. The Hall–Kier alpha value is -4.04. The summed E-state index contributed by atoms with van der Waals surface area (Å²) in [6.07, 6.45) is -0.830. The average molecular weight is 697 g/mol. The Morgan fingerprint density at radius 3 is 1.59 bits per heavy atom. The first-order valence-electron chi connectivity index (χ1n) is 16.3. The first-order valence-corrected chi connectivity index (χ1v) is 18.7. The molecule has 0 saturated carbocycles. The van der Waals surface area contributed by atoms with E-state index in [-0.39, 0.29) is 43.7 Å². The zero-order valence-electron chi connectivity index (χ0n) is 29.1. The van der Waals surface area contributed by atoms with Crippen molar-refractivity contribution in [3.8, 4) is 17.6 Å². The summed E-state index contributed by atoms with van der Waals surface area (Å²) in [6.45, 7) is 7.37. The predicted octanol–water partition coefficient (Wildman–Crippen LogP) is 6.41. The van der Waals surface area contributed by atoms with Gasteiger partial charge in [-0.15, -0.1) is 0 Å². The standard InChI is InChI=1S/C37H49N2O9P/c1-27(2)39(28(3)4)49(44,45,26-12-24-38)25-11-10-23-36(34(40)41,35(42)43)48-37(29-13-8-7-9-14-29,30-15-19-32(46-5)20-16-30)31-17-21-33(47-6)22-18-31/h7-9,13-22,27-28,44-45H,10-12,23,25-26H2,1-6H3,(H,40,41)(H,42,43). The molecule has 0 radical (unpaired) electrons. The Morgan fingerprint density at radius 2 is 1.20 bits per heavy atom. The minimum atomic E-state index is -4.65. The molecule has 3 aromatic carbocycles. The van der Waals surface area contributed by atoms with Crippen LogP contribution in [0.1, 0.15) is 70.1 Å². The SMILES string of the molecule is COc1ccc(C(OC(CCCCP(O)(O)(CCC#N)N(C(C)C)C(C)C)(C(=O)O)C(=O)O)(c2ccccc2)c2ccc(OC)cc2)cc1. The van der Waals surface area contributed by atoms with Crippen LogP contribution < -0.4 is 9.47 Å². The van der Waals surface area contributed by atoms with Crippen LogP contribution in [0, 0.1) is 11.3 Å². The van der Waals surface area contributed by atoms with Crippen LogP contribution >= 0.6 is 7.21 Å². The van der Waals surface area contributed by atoms with Gasteiger partial charge in [0.2, 0.25) is 0 Å². The van der Waals surface area contributed by atoms with Gasteiger partial charge in [-0.1, -0.05) is 0 Å². The molecule has 0 atom stereocenters. The monoisotopic (exact) mass is 696 g/mol. The summed E-state index contributed by atoms with van der Waals surface area (Å²) in [5.74, 6) is -2.34. The van der Waals surface area contributed by atoms with E-state index in [0.717, 1.165) is 0 Å². The summed E-state index contributed by atoms with van der Waals surface area (Å²) in [5, 5.41) is 30.8. The molecular formula is C37H49N2O9P. The van der Waals surface area contributed by atoms with E-state index >= 15 is 0 Å². The number of aliphatic carboxylic acids is 2. The van der Waals surface area contributed by atoms with Crippen molar-refractivity contribution in [2.75, 3.05) is 26.5 Å². The molecule has 0 bridgehead atoms. The van der Waals surface area contributed by atoms with E-state index in [1.54, 1.807) is 83.5 Å². The van der Waals surface area contributed by atoms with Gasteiger partial charge >= 0.3 is 275 Å². The summed E-state index contributed by atoms with van der Waals surface area (Å²) in [5.41, 5.74) is -3.14. The molecule has 49 heavy (non-hydrogen) atoms. The molecule has 266 valence electrons. The van der Waals surface area contributed by atoms with Gasteiger partial charge in [0.25, 0.3) is 0 Å². The molecule has 0 aliphatic heterocycles. The second-order valence-corrected chi connectivity index (χ2v) is 16.8. The van der Waals surface area contributed by atoms with Gasteiger partial charge in [0, 0.05) is 0 Å². The van der Waals surface area contributed by atoms with Gasteiger partial charge in [-0.05, 0) is 0 Å². The van der Waals surface area contributed by atoms with Crippen molar-refractivity contribution in [3.63, 3.8) is 0 Å². The van der Waals surface area contributed by atoms with E-state index in [2.05, 4.69) is 0 Å². The fraction of sp³-hybridized carbons (Fsp3) is 0.432. The summed E-state index contributed by atoms with van der Waals surface area (Å²) in [7, 11) is -1.62. The van der Waals surface area contributed by atoms with Gasteiger partial charge in [-0.3, -0.25) is 0 Å². The Kier molecular flexibility index (Phi) is 13.0. The van der Waals surface area contributed by atoms with Crippen LogP contribution in [-0.2, 0) is 19.9 Å². The summed E-state index contributed by atoms with van der Waals surface area (Å²) in [6, 6.07) is 23.8. The zero-order chi connectivity index (χ0) is 36.5. The second-order valence-electron chi connectivity index (χ2n) is 12.8. The van der Waals surface area contributed by atoms with Gasteiger partial charge in [-0.2, -0.15) is 0 Å². The van der Waals surface area contributed by atoms with Crippen LogP contribution in [0.5, 0.6) is 11.5 Å². The molecule has 0 fully saturated rings. The van der Waals surface area contributed by atoms with Crippen molar-refractivity contribution in [1.29, 1.82) is 5.26 Å². The molecule has 3 rings (SSSR count). The van der Waals surface area contributed by atoms with E-state index in [0.29, 0.717) is 28.2 Å². The fourth-order valence-electron chi connectivity index (χ4n) is 6.80. The number of carboxylic acid groups (broad SMARTS) is 2. The number of rotatable bonds is 19. The van der Waals surface area contributed by atoms with Crippen LogP contribution in [0.3, 0.4) is 0 Å². The van der Waals surface area contributed by atoms with Crippen LogP contribution in [0.15, 0.2) is 78.9 Å². The quantitative estimate of drug-likeness (QED) is 0.0473. The maximum atomic E-state index is 13.2. The number of unbranched alkanes of at least 4 members (excludes halogenated alkanes) is 1. The molecule has 0 heterocycles. The molecule has 0 aromatic heterocycles. The molecule has 0 amide bonds. The Balaban J connectivity index is 2.18. The number of nitrogens with zero attached hydrogens (tertiary/aromatic N) is 2. The van der Waals surface area contributed by atoms with E-state index in [4.69, 9.17) is 14.2 Å². The third-order valence-electron chi connectivity index (χ3n) is 8.86. The maximum absolute atomic E-state index is 13.2. The predicted molar refractivity (Wildman–Crippen MR) is 189 cm³/mol. The van der Waals surface area contributed by atoms with Crippen molar-refractivity contribution in [3.05, 3.63) is 95.6 Å². The second kappa shape index (κ2) is 16.1. The van der Waals surface area contributed by atoms with Crippen LogP contribution in [-0.4, -0.2) is 80.8 Å². The molecule has 0 unspecified atom stereocenters. The molecular weight excluding hydrogens is 647 g/mol. The molecule has 0 saturated heterocycles. The minimum absolute atomic E-state index is 0.0374. The van der Waals surface area contributed by atoms with Crippen molar-refractivity contribution < 1.29 is 43.8 Å². The van der Waals surface area contributed by atoms with Crippen molar-refractivity contribution in [2.45, 2.75) is 76.7 Å². The number of carboxylic acids is 2. The Morgan fingerprint density at radius 1 is 0.755 bits per heavy atom. The topological polar surface area (TPSA) is 170 Å². The van der Waals surface area contributed by atoms with Gasteiger partial charge in [0.1, 0.15) is 0 Å². The van der Waals surface area contributed by atoms with Crippen LogP contribution in [0.4, 0.5) is 0 Å². The number of carbonyl (C=O) groups is 2. The first-order chi connectivity index (χ1) is 23.1. The number of benzene rings is 3. The third-order valence-corrected chi connectivity index (χ3v) is 13.2. The number of ether oxygens (including phenoxy) is 3. The molecule has 0 aliphatic rings. The van der Waals surface area contributed by atoms with Gasteiger partial charge in [0.05, 0.1) is 14.2 Å². The molecule has 12 heteroatoms. The summed E-state index contributed by atoms with van der Waals surface area (Å²) in [4.78, 5) is 50.4. The zero-order valence-corrected chi connectivity index (χ0v) is 30.0. The van der Waals surface area contributed by atoms with Crippen molar-refractivity contribution >= 4 is 19.1 Å². The average Bonchev–Trinajstić information content (AvgIpc) is 3.07. The molecule has 0 spiro atoms. The molecule has 4 N–H and O–H groups in total. The molecule has 0 aliphatic carbocycles. The van der Waals surface area contributed by atoms with E-state index in [1.807, 2.05) is 33.8 Å². The van der Waals surface area contributed by atoms with Crippen LogP contribution in [0.2, 0.25) is 0 Å². The summed E-state index contributed by atoms with van der Waals surface area (Å²) < 4.78 is 19.0. The first kappa shape index (κ1) is 39.4. The van der Waals surface area contributed by atoms with E-state index in [9.17, 15) is 34.9 Å². The van der Waals surface area contributed by atoms with E-state index < -0.39 is 36.8 Å².